The number of ether oxygens (including phenoxy) is 1. The van der Waals surface area contributed by atoms with E-state index in [1.54, 1.807) is 29.2 Å². The number of carbonyl (C=O) groups is 3. The van der Waals surface area contributed by atoms with Crippen LogP contribution in [0.1, 0.15) is 26.7 Å². The second kappa shape index (κ2) is 7.13. The Morgan fingerprint density at radius 3 is 2.72 bits per heavy atom. The van der Waals surface area contributed by atoms with Crippen LogP contribution in [0.25, 0.3) is 0 Å². The van der Waals surface area contributed by atoms with E-state index in [4.69, 9.17) is 4.74 Å². The summed E-state index contributed by atoms with van der Waals surface area (Å²) in [5.74, 6) is 0.537. The summed E-state index contributed by atoms with van der Waals surface area (Å²) in [7, 11) is 0. The van der Waals surface area contributed by atoms with Crippen LogP contribution in [0, 0.1) is 5.92 Å². The van der Waals surface area contributed by atoms with Crippen molar-refractivity contribution in [3.05, 3.63) is 30.3 Å². The Bertz CT molecular complexity index is 662. The van der Waals surface area contributed by atoms with Crippen molar-refractivity contribution in [2.24, 2.45) is 5.92 Å². The van der Waals surface area contributed by atoms with Gasteiger partial charge in [0.25, 0.3) is 0 Å². The third kappa shape index (κ3) is 3.92. The molecule has 2 aliphatic heterocycles. The molecule has 1 aromatic carbocycles. The molecule has 0 spiro atoms. The Labute approximate surface area is 146 Å². The number of fused-ring (bicyclic) bond motifs is 1. The zero-order valence-electron chi connectivity index (χ0n) is 14.4. The lowest BCUT2D eigenvalue weighted by atomic mass is 9.99. The van der Waals surface area contributed by atoms with E-state index < -0.39 is 18.2 Å². The van der Waals surface area contributed by atoms with E-state index in [0.717, 1.165) is 0 Å². The van der Waals surface area contributed by atoms with Crippen LogP contribution in [0.4, 0.5) is 4.79 Å². The monoisotopic (exact) mass is 345 g/mol. The number of para-hydroxylation sites is 1. The fraction of sp³-hybridized carbons (Fsp3) is 0.500. The first-order chi connectivity index (χ1) is 11.9. The van der Waals surface area contributed by atoms with Crippen LogP contribution >= 0.6 is 0 Å². The van der Waals surface area contributed by atoms with E-state index in [1.165, 1.54) is 0 Å². The van der Waals surface area contributed by atoms with Crippen LogP contribution in [0.5, 0.6) is 5.75 Å². The highest BCUT2D eigenvalue weighted by Gasteiger charge is 2.46. The number of carbonyl (C=O) groups excluding carboxylic acids is 3. The number of hydrogen-bond donors (Lipinski definition) is 2. The van der Waals surface area contributed by atoms with E-state index in [-0.39, 0.29) is 17.9 Å². The number of nitrogens with zero attached hydrogens (tertiary/aromatic N) is 1. The van der Waals surface area contributed by atoms with E-state index in [2.05, 4.69) is 10.6 Å². The highest BCUT2D eigenvalue weighted by atomic mass is 16.6. The summed E-state index contributed by atoms with van der Waals surface area (Å²) < 4.78 is 5.20. The van der Waals surface area contributed by atoms with Crippen molar-refractivity contribution in [3.63, 3.8) is 0 Å². The first kappa shape index (κ1) is 17.3. The molecule has 0 aromatic heterocycles. The molecule has 3 rings (SSSR count). The SMILES string of the molecule is CC(C)C[C@H]1NC(=O)[C@@H]2C[C@H](NC(=O)Oc3ccccc3)CN2C1=O. The maximum atomic E-state index is 12.6. The molecule has 1 aromatic rings. The molecular weight excluding hydrogens is 322 g/mol. The van der Waals surface area contributed by atoms with Gasteiger partial charge in [-0.3, -0.25) is 9.59 Å². The predicted octanol–water partition coefficient (Wildman–Crippen LogP) is 1.29. The number of rotatable bonds is 4. The molecule has 2 saturated heterocycles. The molecule has 3 atom stereocenters. The molecule has 2 N–H and O–H groups in total. The molecule has 7 nitrogen and oxygen atoms in total. The van der Waals surface area contributed by atoms with Gasteiger partial charge >= 0.3 is 6.09 Å². The summed E-state index contributed by atoms with van der Waals surface area (Å²) in [5, 5.41) is 5.55. The molecule has 2 heterocycles. The first-order valence-corrected chi connectivity index (χ1v) is 8.58. The van der Waals surface area contributed by atoms with Crippen LogP contribution in [-0.4, -0.2) is 47.5 Å². The van der Waals surface area contributed by atoms with Gasteiger partial charge in [0.05, 0.1) is 6.04 Å². The number of piperazine rings is 1. The van der Waals surface area contributed by atoms with Crippen LogP contribution in [-0.2, 0) is 9.59 Å². The maximum Gasteiger partial charge on any atom is 0.412 e. The molecule has 0 unspecified atom stereocenters. The normalized spacial score (nSPS) is 25.6. The quantitative estimate of drug-likeness (QED) is 0.861. The van der Waals surface area contributed by atoms with Crippen LogP contribution in [0.15, 0.2) is 30.3 Å². The van der Waals surface area contributed by atoms with Crippen LogP contribution < -0.4 is 15.4 Å². The number of benzene rings is 1. The summed E-state index contributed by atoms with van der Waals surface area (Å²) in [5.41, 5.74) is 0. The maximum absolute atomic E-state index is 12.6. The molecule has 2 aliphatic rings. The largest absolute Gasteiger partial charge is 0.412 e. The summed E-state index contributed by atoms with van der Waals surface area (Å²) >= 11 is 0. The van der Waals surface area contributed by atoms with Gasteiger partial charge in [0.15, 0.2) is 0 Å². The van der Waals surface area contributed by atoms with Crippen molar-refractivity contribution in [3.8, 4) is 5.75 Å². The second-order valence-electron chi connectivity index (χ2n) is 6.98. The summed E-state index contributed by atoms with van der Waals surface area (Å²) in [4.78, 5) is 38.5. The van der Waals surface area contributed by atoms with Crippen LogP contribution in [0.2, 0.25) is 0 Å². The average Bonchev–Trinajstić information content (AvgIpc) is 2.97. The third-order valence-corrected chi connectivity index (χ3v) is 4.48. The minimum Gasteiger partial charge on any atom is -0.410 e. The minimum absolute atomic E-state index is 0.0703. The highest BCUT2D eigenvalue weighted by Crippen LogP contribution is 2.25. The van der Waals surface area contributed by atoms with Gasteiger partial charge in [-0.25, -0.2) is 4.79 Å². The zero-order chi connectivity index (χ0) is 18.0. The van der Waals surface area contributed by atoms with Crippen molar-refractivity contribution in [2.75, 3.05) is 6.54 Å². The van der Waals surface area contributed by atoms with E-state index in [0.29, 0.717) is 31.1 Å². The van der Waals surface area contributed by atoms with Gasteiger partial charge in [-0.05, 0) is 30.9 Å². The Hall–Kier alpha value is -2.57. The molecular formula is C18H23N3O4. The molecule has 2 fully saturated rings. The Balaban J connectivity index is 1.59. The van der Waals surface area contributed by atoms with Crippen molar-refractivity contribution < 1.29 is 19.1 Å². The topological polar surface area (TPSA) is 87.7 Å². The molecule has 7 heteroatoms. The predicted molar refractivity (Wildman–Crippen MR) is 90.9 cm³/mol. The highest BCUT2D eigenvalue weighted by molar-refractivity contribution is 5.97. The molecule has 134 valence electrons. The van der Waals surface area contributed by atoms with Gasteiger partial charge in [0, 0.05) is 6.54 Å². The molecule has 3 amide bonds. The standard InChI is InChI=1S/C18H23N3O4/c1-11(2)8-14-17(23)21-10-12(9-15(21)16(22)20-14)19-18(24)25-13-6-4-3-5-7-13/h3-7,11-12,14-15H,8-10H2,1-2H3,(H,19,24)(H,20,22)/t12-,14+,15-/m0/s1. The summed E-state index contributed by atoms with van der Waals surface area (Å²) in [6.07, 6.45) is 0.431. The van der Waals surface area contributed by atoms with Gasteiger partial charge in [0.2, 0.25) is 11.8 Å². The smallest absolute Gasteiger partial charge is 0.410 e. The second-order valence-corrected chi connectivity index (χ2v) is 6.98. The Kier molecular flexibility index (Phi) is 4.92. The van der Waals surface area contributed by atoms with Gasteiger partial charge < -0.3 is 20.3 Å². The van der Waals surface area contributed by atoms with Crippen molar-refractivity contribution in [1.82, 2.24) is 15.5 Å². The lowest BCUT2D eigenvalue weighted by molar-refractivity contribution is -0.147. The molecule has 25 heavy (non-hydrogen) atoms. The van der Waals surface area contributed by atoms with Gasteiger partial charge in [-0.15, -0.1) is 0 Å². The average molecular weight is 345 g/mol. The first-order valence-electron chi connectivity index (χ1n) is 8.58. The Morgan fingerprint density at radius 2 is 2.04 bits per heavy atom. The van der Waals surface area contributed by atoms with Crippen LogP contribution in [0.3, 0.4) is 0 Å². The van der Waals surface area contributed by atoms with E-state index >= 15 is 0 Å². The van der Waals surface area contributed by atoms with Crippen molar-refractivity contribution >= 4 is 17.9 Å². The summed E-state index contributed by atoms with van der Waals surface area (Å²) in [6.45, 7) is 4.36. The summed E-state index contributed by atoms with van der Waals surface area (Å²) in [6, 6.07) is 7.46. The fourth-order valence-corrected chi connectivity index (χ4v) is 3.39. The van der Waals surface area contributed by atoms with Gasteiger partial charge in [-0.1, -0.05) is 32.0 Å². The van der Waals surface area contributed by atoms with E-state index in [1.807, 2.05) is 19.9 Å². The number of amides is 3. The Morgan fingerprint density at radius 1 is 1.32 bits per heavy atom. The van der Waals surface area contributed by atoms with Gasteiger partial charge in [0.1, 0.15) is 17.8 Å². The third-order valence-electron chi connectivity index (χ3n) is 4.48. The molecule has 0 aliphatic carbocycles. The molecule has 0 bridgehead atoms. The minimum atomic E-state index is -0.581. The number of hydrogen-bond acceptors (Lipinski definition) is 4. The van der Waals surface area contributed by atoms with E-state index in [9.17, 15) is 14.4 Å². The lowest BCUT2D eigenvalue weighted by Gasteiger charge is -2.35. The van der Waals surface area contributed by atoms with Crippen molar-refractivity contribution in [1.29, 1.82) is 0 Å². The lowest BCUT2D eigenvalue weighted by Crippen LogP contribution is -2.61. The van der Waals surface area contributed by atoms with Crippen molar-refractivity contribution in [2.45, 2.75) is 44.8 Å². The van der Waals surface area contributed by atoms with Gasteiger partial charge in [-0.2, -0.15) is 0 Å². The molecule has 0 saturated carbocycles. The number of nitrogens with one attached hydrogen (secondary N) is 2. The molecule has 0 radical (unpaired) electrons. The zero-order valence-corrected chi connectivity index (χ0v) is 14.4. The fourth-order valence-electron chi connectivity index (χ4n) is 3.39.